The highest BCUT2D eigenvalue weighted by molar-refractivity contribution is 5.73. The van der Waals surface area contributed by atoms with E-state index in [1.807, 2.05) is 0 Å². The molecule has 0 radical (unpaired) electrons. The lowest BCUT2D eigenvalue weighted by Crippen LogP contribution is -2.70. The van der Waals surface area contributed by atoms with Gasteiger partial charge < -0.3 is 155 Å². The summed E-state index contributed by atoms with van der Waals surface area (Å²) in [5.41, 5.74) is 0. The highest BCUT2D eigenvalue weighted by atomic mass is 16.8. The number of hydrogen-bond acceptors (Lipinski definition) is 31. The van der Waals surface area contributed by atoms with Crippen LogP contribution in [0, 0.1) is 0 Å². The molecule has 6 rings (SSSR count). The van der Waals surface area contributed by atoms with Crippen molar-refractivity contribution in [1.29, 1.82) is 0 Å². The van der Waals surface area contributed by atoms with E-state index in [0.717, 1.165) is 13.8 Å². The van der Waals surface area contributed by atoms with Crippen LogP contribution in [-0.2, 0) is 61.7 Å². The maximum Gasteiger partial charge on any atom is 0.217 e. The van der Waals surface area contributed by atoms with Crippen molar-refractivity contribution in [3.63, 3.8) is 0 Å². The zero-order chi connectivity index (χ0) is 53.9. The van der Waals surface area contributed by atoms with Crippen LogP contribution in [0.5, 0.6) is 0 Å². The predicted octanol–water partition coefficient (Wildman–Crippen LogP) is -13.8. The van der Waals surface area contributed by atoms with Gasteiger partial charge in [-0.3, -0.25) is 9.59 Å². The third-order valence-electron chi connectivity index (χ3n) is 13.2. The first kappa shape index (κ1) is 60.0. The quantitative estimate of drug-likeness (QED) is 0.0606. The molecule has 20 N–H and O–H groups in total. The van der Waals surface area contributed by atoms with E-state index in [1.165, 1.54) is 0 Å². The molecule has 33 heteroatoms. The van der Waals surface area contributed by atoms with Crippen molar-refractivity contribution < 1.29 is 154 Å². The number of rotatable bonds is 18. The number of ether oxygens (including phenoxy) is 11. The Hall–Kier alpha value is -2.22. The summed E-state index contributed by atoms with van der Waals surface area (Å²) >= 11 is 0. The summed E-state index contributed by atoms with van der Waals surface area (Å²) in [6.07, 6.45) is -51.9. The molecule has 0 aromatic carbocycles. The third-order valence-corrected chi connectivity index (χ3v) is 13.2. The molecule has 424 valence electrons. The van der Waals surface area contributed by atoms with Gasteiger partial charge >= 0.3 is 0 Å². The predicted molar refractivity (Wildman–Crippen MR) is 222 cm³/mol. The summed E-state index contributed by atoms with van der Waals surface area (Å²) in [6.45, 7) is -3.18. The van der Waals surface area contributed by atoms with Gasteiger partial charge in [-0.1, -0.05) is 0 Å². The summed E-state index contributed by atoms with van der Waals surface area (Å²) in [7, 11) is 0. The molecule has 0 bridgehead atoms. The van der Waals surface area contributed by atoms with Gasteiger partial charge in [-0.05, 0) is 0 Å². The van der Waals surface area contributed by atoms with Crippen molar-refractivity contribution in [3.8, 4) is 0 Å². The Kier molecular flexibility index (Phi) is 21.3. The van der Waals surface area contributed by atoms with E-state index in [0.29, 0.717) is 0 Å². The molecule has 6 saturated heterocycles. The number of aliphatic hydroxyl groups is 18. The van der Waals surface area contributed by atoms with E-state index in [4.69, 9.17) is 52.1 Å². The Morgan fingerprint density at radius 3 is 1.16 bits per heavy atom. The van der Waals surface area contributed by atoms with E-state index in [-0.39, 0.29) is 0 Å². The van der Waals surface area contributed by atoms with Crippen LogP contribution < -0.4 is 10.6 Å². The number of nitrogens with one attached hydrogen (secondary N) is 2. The molecule has 30 atom stereocenters. The van der Waals surface area contributed by atoms with Gasteiger partial charge in [-0.25, -0.2) is 0 Å². The molecular formula is C40H68N2O31. The largest absolute Gasteiger partial charge is 0.394 e. The van der Waals surface area contributed by atoms with Gasteiger partial charge in [0.2, 0.25) is 11.8 Å². The molecule has 1 unspecified atom stereocenters. The minimum atomic E-state index is -2.13. The van der Waals surface area contributed by atoms with Gasteiger partial charge in [0.15, 0.2) is 37.7 Å². The van der Waals surface area contributed by atoms with Crippen LogP contribution >= 0.6 is 0 Å². The summed E-state index contributed by atoms with van der Waals surface area (Å²) in [6, 6.07) is -3.18. The Morgan fingerprint density at radius 1 is 0.356 bits per heavy atom. The number of hydrogen-bond donors (Lipinski definition) is 20. The molecule has 2 amide bonds. The molecule has 6 aliphatic rings. The van der Waals surface area contributed by atoms with Crippen LogP contribution in [0.15, 0.2) is 0 Å². The Labute approximate surface area is 413 Å². The minimum absolute atomic E-state index is 0.696. The highest BCUT2D eigenvalue weighted by Gasteiger charge is 2.56. The minimum Gasteiger partial charge on any atom is -0.394 e. The normalized spacial score (nSPS) is 49.8. The molecule has 0 aromatic heterocycles. The number of amides is 2. The fourth-order valence-electron chi connectivity index (χ4n) is 9.11. The van der Waals surface area contributed by atoms with Gasteiger partial charge in [0.1, 0.15) is 146 Å². The molecule has 73 heavy (non-hydrogen) atoms. The topological polar surface area (TPSA) is 524 Å². The second-order valence-corrected chi connectivity index (χ2v) is 18.3. The Balaban J connectivity index is 1.12. The summed E-state index contributed by atoms with van der Waals surface area (Å²) in [4.78, 5) is 24.2. The zero-order valence-electron chi connectivity index (χ0n) is 38.9. The number of carbonyl (C=O) groups is 2. The number of aliphatic hydroxyl groups excluding tert-OH is 18. The molecule has 33 nitrogen and oxygen atoms in total. The lowest BCUT2D eigenvalue weighted by molar-refractivity contribution is -0.375. The number of carbonyl (C=O) groups excluding carboxylic acids is 2. The lowest BCUT2D eigenvalue weighted by Gasteiger charge is -2.49. The first-order chi connectivity index (χ1) is 34.5. The molecule has 0 aromatic rings. The van der Waals surface area contributed by atoms with E-state index >= 15 is 0 Å². The monoisotopic (exact) mass is 1070 g/mol. The SMILES string of the molecule is CC(=O)N[C@H]1[C@H](O[C@H]2[C@H](O)[C@@H](NC(C)=O)C(O)O[C@@H]2CO)O[C@H](CO)[C@@H](O[C@@H]2O[C@H](CO[C@H]3O[C@H](CO)[C@@H](O)[C@H](O[C@H]4O[C@H](CO[C@H]5O[C@H](CO)[C@@H](O)[C@H](O)[C@@H]5O)[C@@H](O)[C@H](O)[C@@H]4O)[C@@H]3O)[C@@H](O)[C@H](O)[C@@H]2O)[C@@H]1O. The van der Waals surface area contributed by atoms with E-state index in [2.05, 4.69) is 10.6 Å². The standard InChI is InChI=1S/C40H68N2O31/c1-9(47)41-17-23(53)32(13(5-45)65-35(17)62)71-36-18(42-10(2)48)24(54)33(14(6-46)68-36)72-39-29(59)26(56)21(51)16(69-39)8-64-38-31(61)34(22(52)12(4-44)67-38)73-40-30(60)27(57)20(50)15(70-40)7-63-37-28(58)25(55)19(49)11(3-43)66-37/h11-40,43-46,49-62H,3-8H2,1-2H3,(H,41,47)(H,42,48)/t11-,12-,13-,14-,15-,16-,17-,18-,19-,20-,21-,22-,23-,24-,25+,26+,27+,28+,29+,30+,31+,32-,33-,34+,35?,36+,37+,38+,39+,40-/m1/s1. The van der Waals surface area contributed by atoms with Gasteiger partial charge in [0.05, 0.1) is 39.6 Å². The lowest BCUT2D eigenvalue weighted by atomic mass is 9.94. The summed E-state index contributed by atoms with van der Waals surface area (Å²) in [5.74, 6) is -1.49. The molecule has 0 saturated carbocycles. The van der Waals surface area contributed by atoms with Crippen molar-refractivity contribution in [2.45, 2.75) is 198 Å². The van der Waals surface area contributed by atoms with Crippen molar-refractivity contribution >= 4 is 11.8 Å². The van der Waals surface area contributed by atoms with Crippen molar-refractivity contribution in [1.82, 2.24) is 10.6 Å². The van der Waals surface area contributed by atoms with Crippen LogP contribution in [0.3, 0.4) is 0 Å². The molecule has 0 aliphatic carbocycles. The maximum absolute atomic E-state index is 12.4. The molecule has 0 spiro atoms. The van der Waals surface area contributed by atoms with Crippen LogP contribution in [0.2, 0.25) is 0 Å². The highest BCUT2D eigenvalue weighted by Crippen LogP contribution is 2.35. The van der Waals surface area contributed by atoms with E-state index in [9.17, 15) is 102 Å². The second kappa shape index (κ2) is 26.0. The first-order valence-electron chi connectivity index (χ1n) is 23.1. The molecule has 6 aliphatic heterocycles. The fourth-order valence-corrected chi connectivity index (χ4v) is 9.11. The van der Waals surface area contributed by atoms with Crippen molar-refractivity contribution in [3.05, 3.63) is 0 Å². The Bertz CT molecular complexity index is 1750. The zero-order valence-corrected chi connectivity index (χ0v) is 38.9. The average Bonchev–Trinajstić information content (AvgIpc) is 3.35. The van der Waals surface area contributed by atoms with Crippen LogP contribution in [0.1, 0.15) is 13.8 Å². The summed E-state index contributed by atoms with van der Waals surface area (Å²) in [5, 5.41) is 196. The molecular weight excluding hydrogens is 1000 g/mol. The van der Waals surface area contributed by atoms with E-state index < -0.39 is 236 Å². The van der Waals surface area contributed by atoms with Gasteiger partial charge in [-0.15, -0.1) is 0 Å². The van der Waals surface area contributed by atoms with Gasteiger partial charge in [-0.2, -0.15) is 0 Å². The van der Waals surface area contributed by atoms with Crippen LogP contribution in [0.4, 0.5) is 0 Å². The first-order valence-corrected chi connectivity index (χ1v) is 23.1. The molecule has 6 heterocycles. The van der Waals surface area contributed by atoms with Gasteiger partial charge in [0, 0.05) is 13.8 Å². The second-order valence-electron chi connectivity index (χ2n) is 18.3. The van der Waals surface area contributed by atoms with Crippen LogP contribution in [0.25, 0.3) is 0 Å². The smallest absolute Gasteiger partial charge is 0.217 e. The van der Waals surface area contributed by atoms with E-state index in [1.54, 1.807) is 0 Å². The Morgan fingerprint density at radius 2 is 0.699 bits per heavy atom. The maximum atomic E-state index is 12.4. The van der Waals surface area contributed by atoms with Crippen molar-refractivity contribution in [2.75, 3.05) is 39.6 Å². The van der Waals surface area contributed by atoms with Crippen molar-refractivity contribution in [2.24, 2.45) is 0 Å². The summed E-state index contributed by atoms with van der Waals surface area (Å²) < 4.78 is 61.7. The molecule has 6 fully saturated rings. The third kappa shape index (κ3) is 13.2. The van der Waals surface area contributed by atoms with Gasteiger partial charge in [0.25, 0.3) is 0 Å². The average molecular weight is 1070 g/mol. The fraction of sp³-hybridized carbons (Fsp3) is 0.950. The van der Waals surface area contributed by atoms with Crippen LogP contribution in [-0.4, -0.2) is 327 Å².